The minimum Gasteiger partial charge on any atom is -0.506 e. The second-order valence-corrected chi connectivity index (χ2v) is 8.04. The molecule has 1 aromatic carbocycles. The fraction of sp³-hybridized carbons (Fsp3) is 0.409. The summed E-state index contributed by atoms with van der Waals surface area (Å²) in [5.41, 5.74) is 4.19. The first-order valence-corrected chi connectivity index (χ1v) is 10.2. The number of phenols is 1. The lowest BCUT2D eigenvalue weighted by Crippen LogP contribution is -2.48. The number of hydrogen-bond acceptors (Lipinski definition) is 5. The zero-order valence-electron chi connectivity index (χ0n) is 16.8. The Hall–Kier alpha value is -3.09. The molecular formula is C22H25N5O2. The number of hydrogen-bond donors (Lipinski definition) is 1. The van der Waals surface area contributed by atoms with Crippen LogP contribution in [0.3, 0.4) is 0 Å². The van der Waals surface area contributed by atoms with Gasteiger partial charge >= 0.3 is 0 Å². The molecule has 7 nitrogen and oxygen atoms in total. The summed E-state index contributed by atoms with van der Waals surface area (Å²) in [7, 11) is 1.89. The van der Waals surface area contributed by atoms with Crippen molar-refractivity contribution in [2.24, 2.45) is 7.05 Å². The average Bonchev–Trinajstić information content (AvgIpc) is 3.54. The van der Waals surface area contributed by atoms with Crippen LogP contribution in [0, 0.1) is 6.92 Å². The third-order valence-corrected chi connectivity index (χ3v) is 6.00. The Morgan fingerprint density at radius 2 is 1.86 bits per heavy atom. The zero-order chi connectivity index (χ0) is 20.1. The van der Waals surface area contributed by atoms with E-state index in [-0.39, 0.29) is 11.7 Å². The van der Waals surface area contributed by atoms with Gasteiger partial charge in [0.25, 0.3) is 5.91 Å². The minimum absolute atomic E-state index is 0.0485. The van der Waals surface area contributed by atoms with Crippen LogP contribution >= 0.6 is 0 Å². The molecule has 2 aliphatic rings. The number of anilines is 1. The van der Waals surface area contributed by atoms with Crippen LogP contribution in [0.25, 0.3) is 11.0 Å². The van der Waals surface area contributed by atoms with Gasteiger partial charge in [0.2, 0.25) is 0 Å². The van der Waals surface area contributed by atoms with Crippen LogP contribution < -0.4 is 4.90 Å². The van der Waals surface area contributed by atoms with Crippen molar-refractivity contribution in [3.63, 3.8) is 0 Å². The second kappa shape index (κ2) is 6.76. The molecule has 2 fully saturated rings. The van der Waals surface area contributed by atoms with Crippen molar-refractivity contribution < 1.29 is 9.90 Å². The van der Waals surface area contributed by atoms with Crippen LogP contribution in [0.5, 0.6) is 5.75 Å². The van der Waals surface area contributed by atoms with Gasteiger partial charge in [0.1, 0.15) is 5.75 Å². The Bertz CT molecular complexity index is 1090. The standard InChI is InChI=1S/C22H25N5O2/c1-14-20-16(13-17(15-7-8-15)23-21(20)25(2)24-14)22(29)27-11-9-26(10-12-27)18-5-3-4-6-19(18)28/h3-6,13,15,28H,7-12H2,1-2H3. The molecule has 3 heterocycles. The van der Waals surface area contributed by atoms with E-state index in [1.165, 1.54) is 0 Å². The van der Waals surface area contributed by atoms with Crippen LogP contribution in [-0.4, -0.2) is 56.9 Å². The van der Waals surface area contributed by atoms with Crippen molar-refractivity contribution in [2.45, 2.75) is 25.7 Å². The van der Waals surface area contributed by atoms with Gasteiger partial charge < -0.3 is 14.9 Å². The second-order valence-electron chi connectivity index (χ2n) is 8.04. The lowest BCUT2D eigenvalue weighted by molar-refractivity contribution is 0.0748. The molecule has 7 heteroatoms. The van der Waals surface area contributed by atoms with Gasteiger partial charge in [0.15, 0.2) is 5.65 Å². The number of carbonyl (C=O) groups is 1. The first kappa shape index (κ1) is 18.0. The van der Waals surface area contributed by atoms with Crippen LogP contribution in [0.15, 0.2) is 30.3 Å². The van der Waals surface area contributed by atoms with Crippen molar-refractivity contribution in [3.8, 4) is 5.75 Å². The maximum atomic E-state index is 13.5. The molecule has 1 saturated carbocycles. The molecular weight excluding hydrogens is 366 g/mol. The van der Waals surface area contributed by atoms with Gasteiger partial charge in [-0.25, -0.2) is 4.98 Å². The number of amides is 1. The number of carbonyl (C=O) groups excluding carboxylic acids is 1. The Morgan fingerprint density at radius 3 is 2.55 bits per heavy atom. The number of aromatic hydroxyl groups is 1. The highest BCUT2D eigenvalue weighted by Gasteiger charge is 2.30. The van der Waals surface area contributed by atoms with E-state index in [4.69, 9.17) is 4.98 Å². The van der Waals surface area contributed by atoms with Gasteiger partial charge in [-0.2, -0.15) is 5.10 Å². The molecule has 1 aliphatic carbocycles. The SMILES string of the molecule is Cc1nn(C)c2nc(C3CC3)cc(C(=O)N3CCN(c4ccccc4O)CC3)c12. The largest absolute Gasteiger partial charge is 0.506 e. The number of pyridine rings is 1. The van der Waals surface area contributed by atoms with Crippen molar-refractivity contribution >= 4 is 22.6 Å². The Kier molecular flexibility index (Phi) is 4.19. The van der Waals surface area contributed by atoms with Crippen LogP contribution in [0.1, 0.15) is 40.5 Å². The number of rotatable bonds is 3. The van der Waals surface area contributed by atoms with E-state index in [1.807, 2.05) is 43.1 Å². The number of nitrogens with zero attached hydrogens (tertiary/aromatic N) is 5. The Morgan fingerprint density at radius 1 is 1.14 bits per heavy atom. The maximum Gasteiger partial charge on any atom is 0.254 e. The minimum atomic E-state index is 0.0485. The number of aryl methyl sites for hydroxylation is 2. The fourth-order valence-electron chi connectivity index (χ4n) is 4.27. The topological polar surface area (TPSA) is 74.5 Å². The number of phenolic OH excluding ortho intramolecular Hbond substituents is 1. The van der Waals surface area contributed by atoms with Crippen molar-refractivity contribution in [2.75, 3.05) is 31.1 Å². The average molecular weight is 391 g/mol. The van der Waals surface area contributed by atoms with E-state index in [0.717, 1.165) is 46.5 Å². The first-order valence-electron chi connectivity index (χ1n) is 10.2. The fourth-order valence-corrected chi connectivity index (χ4v) is 4.27. The van der Waals surface area contributed by atoms with Gasteiger partial charge in [0.05, 0.1) is 22.3 Å². The molecule has 1 N–H and O–H groups in total. The van der Waals surface area contributed by atoms with Crippen LogP contribution in [0.2, 0.25) is 0 Å². The Labute approximate surface area is 169 Å². The molecule has 2 aromatic heterocycles. The molecule has 0 bridgehead atoms. The summed E-state index contributed by atoms with van der Waals surface area (Å²) in [5, 5.41) is 15.5. The van der Waals surface area contributed by atoms with E-state index in [9.17, 15) is 9.90 Å². The van der Waals surface area contributed by atoms with Gasteiger partial charge in [0, 0.05) is 44.8 Å². The van der Waals surface area contributed by atoms with Gasteiger partial charge in [-0.1, -0.05) is 12.1 Å². The first-order chi connectivity index (χ1) is 14.0. The molecule has 0 unspecified atom stereocenters. The molecule has 0 radical (unpaired) electrons. The zero-order valence-corrected chi connectivity index (χ0v) is 16.8. The van der Waals surface area contributed by atoms with E-state index in [1.54, 1.807) is 10.7 Å². The number of benzene rings is 1. The molecule has 1 amide bonds. The third kappa shape index (κ3) is 3.10. The van der Waals surface area contributed by atoms with Gasteiger partial charge in [-0.3, -0.25) is 9.48 Å². The molecule has 1 saturated heterocycles. The summed E-state index contributed by atoms with van der Waals surface area (Å²) in [6.45, 7) is 4.57. The van der Waals surface area contributed by atoms with E-state index in [2.05, 4.69) is 10.00 Å². The number of aromatic nitrogens is 3. The van der Waals surface area contributed by atoms with E-state index < -0.39 is 0 Å². The molecule has 0 spiro atoms. The molecule has 150 valence electrons. The van der Waals surface area contributed by atoms with E-state index >= 15 is 0 Å². The van der Waals surface area contributed by atoms with Gasteiger partial charge in [-0.15, -0.1) is 0 Å². The highest BCUT2D eigenvalue weighted by molar-refractivity contribution is 6.06. The Balaban J connectivity index is 1.43. The quantitative estimate of drug-likeness (QED) is 0.743. The smallest absolute Gasteiger partial charge is 0.254 e. The number of fused-ring (bicyclic) bond motifs is 1. The predicted molar refractivity (Wildman–Crippen MR) is 111 cm³/mol. The highest BCUT2D eigenvalue weighted by Crippen LogP contribution is 2.40. The van der Waals surface area contributed by atoms with E-state index in [0.29, 0.717) is 32.1 Å². The third-order valence-electron chi connectivity index (χ3n) is 6.00. The molecule has 3 aromatic rings. The van der Waals surface area contributed by atoms with Gasteiger partial charge in [-0.05, 0) is 38.0 Å². The predicted octanol–water partition coefficient (Wildman–Crippen LogP) is 2.82. The summed E-state index contributed by atoms with van der Waals surface area (Å²) in [5.74, 6) is 0.801. The molecule has 5 rings (SSSR count). The summed E-state index contributed by atoms with van der Waals surface area (Å²) in [6, 6.07) is 9.35. The van der Waals surface area contributed by atoms with Crippen molar-refractivity contribution in [3.05, 3.63) is 47.3 Å². The molecule has 0 atom stereocenters. The van der Waals surface area contributed by atoms with Crippen molar-refractivity contribution in [1.29, 1.82) is 0 Å². The lowest BCUT2D eigenvalue weighted by Gasteiger charge is -2.36. The number of para-hydroxylation sites is 2. The van der Waals surface area contributed by atoms with Crippen LogP contribution in [-0.2, 0) is 7.05 Å². The lowest BCUT2D eigenvalue weighted by atomic mass is 10.1. The number of piperazine rings is 1. The monoisotopic (exact) mass is 391 g/mol. The summed E-state index contributed by atoms with van der Waals surface area (Å²) in [6.07, 6.45) is 2.28. The summed E-state index contributed by atoms with van der Waals surface area (Å²) >= 11 is 0. The maximum absolute atomic E-state index is 13.5. The molecule has 29 heavy (non-hydrogen) atoms. The highest BCUT2D eigenvalue weighted by atomic mass is 16.3. The van der Waals surface area contributed by atoms with Crippen molar-refractivity contribution in [1.82, 2.24) is 19.7 Å². The summed E-state index contributed by atoms with van der Waals surface area (Å²) < 4.78 is 1.78. The summed E-state index contributed by atoms with van der Waals surface area (Å²) in [4.78, 5) is 22.3. The normalized spacial score (nSPS) is 17.2. The molecule has 1 aliphatic heterocycles. The van der Waals surface area contributed by atoms with Crippen LogP contribution in [0.4, 0.5) is 5.69 Å².